The molecule has 0 bridgehead atoms. The minimum absolute atomic E-state index is 0.306. The summed E-state index contributed by atoms with van der Waals surface area (Å²) in [7, 11) is -3.57. The van der Waals surface area contributed by atoms with E-state index >= 15 is 0 Å². The van der Waals surface area contributed by atoms with Crippen LogP contribution in [0.4, 0.5) is 0 Å². The summed E-state index contributed by atoms with van der Waals surface area (Å²) >= 11 is 0. The van der Waals surface area contributed by atoms with E-state index < -0.39 is 10.0 Å². The molecule has 2 aromatic carbocycles. The van der Waals surface area contributed by atoms with Gasteiger partial charge in [-0.1, -0.05) is 60.7 Å². The van der Waals surface area contributed by atoms with Gasteiger partial charge in [0.1, 0.15) is 0 Å². The van der Waals surface area contributed by atoms with E-state index in [2.05, 4.69) is 9.62 Å². The van der Waals surface area contributed by atoms with Crippen molar-refractivity contribution in [2.75, 3.05) is 32.8 Å². The van der Waals surface area contributed by atoms with Crippen LogP contribution in [0.25, 0.3) is 6.08 Å². The number of hydrogen-bond donors (Lipinski definition) is 1. The molecule has 2 aromatic rings. The van der Waals surface area contributed by atoms with Gasteiger partial charge in [0.05, 0.1) is 19.3 Å². The molecular formula is C20H24N2O3S. The molecule has 1 aliphatic rings. The molecule has 5 nitrogen and oxygen atoms in total. The van der Waals surface area contributed by atoms with Crippen LogP contribution in [0.2, 0.25) is 0 Å². The maximum atomic E-state index is 12.6. The second-order valence-corrected chi connectivity index (χ2v) is 7.85. The summed E-state index contributed by atoms with van der Waals surface area (Å²) in [6.07, 6.45) is 1.61. The Morgan fingerprint density at radius 3 is 2.27 bits per heavy atom. The van der Waals surface area contributed by atoms with Gasteiger partial charge < -0.3 is 4.74 Å². The van der Waals surface area contributed by atoms with Crippen LogP contribution in [0.5, 0.6) is 0 Å². The van der Waals surface area contributed by atoms with Crippen molar-refractivity contribution in [3.8, 4) is 0 Å². The fourth-order valence-corrected chi connectivity index (χ4v) is 3.93. The Labute approximate surface area is 155 Å². The predicted octanol–water partition coefficient (Wildman–Crippen LogP) is 2.65. The van der Waals surface area contributed by atoms with Crippen molar-refractivity contribution >= 4 is 16.1 Å². The van der Waals surface area contributed by atoms with Crippen LogP contribution >= 0.6 is 0 Å². The second-order valence-electron chi connectivity index (χ2n) is 6.25. The first-order valence-electron chi connectivity index (χ1n) is 8.73. The summed E-state index contributed by atoms with van der Waals surface area (Å²) in [5.41, 5.74) is 1.80. The average Bonchev–Trinajstić information content (AvgIpc) is 2.68. The van der Waals surface area contributed by atoms with E-state index in [1.54, 1.807) is 6.08 Å². The highest BCUT2D eigenvalue weighted by molar-refractivity contribution is 7.92. The summed E-state index contributed by atoms with van der Waals surface area (Å²) in [5, 5.41) is 1.23. The molecule has 1 unspecified atom stereocenters. The van der Waals surface area contributed by atoms with Crippen LogP contribution < -0.4 is 4.72 Å². The molecule has 138 valence electrons. The first kappa shape index (κ1) is 18.8. The SMILES string of the molecule is O=S(=O)(C=Cc1ccccc1)NC(CN1CCOCC1)c1ccccc1. The minimum Gasteiger partial charge on any atom is -0.379 e. The Morgan fingerprint density at radius 1 is 1.00 bits per heavy atom. The van der Waals surface area contributed by atoms with Gasteiger partial charge in [-0.25, -0.2) is 13.1 Å². The highest BCUT2D eigenvalue weighted by atomic mass is 32.2. The molecule has 3 rings (SSSR count). The smallest absolute Gasteiger partial charge is 0.234 e. The van der Waals surface area contributed by atoms with Crippen LogP contribution in [0.1, 0.15) is 17.2 Å². The lowest BCUT2D eigenvalue weighted by Crippen LogP contribution is -2.42. The van der Waals surface area contributed by atoms with E-state index in [0.717, 1.165) is 24.2 Å². The Bertz CT molecular complexity index is 801. The molecule has 1 fully saturated rings. The van der Waals surface area contributed by atoms with Crippen LogP contribution in [-0.4, -0.2) is 46.2 Å². The maximum Gasteiger partial charge on any atom is 0.234 e. The first-order valence-corrected chi connectivity index (χ1v) is 10.3. The third kappa shape index (κ3) is 5.78. The van der Waals surface area contributed by atoms with Gasteiger partial charge in [-0.2, -0.15) is 0 Å². The van der Waals surface area contributed by atoms with Gasteiger partial charge in [0, 0.05) is 25.0 Å². The molecule has 1 N–H and O–H groups in total. The van der Waals surface area contributed by atoms with E-state index in [0.29, 0.717) is 19.8 Å². The summed E-state index contributed by atoms with van der Waals surface area (Å²) in [6, 6.07) is 18.8. The molecule has 26 heavy (non-hydrogen) atoms. The molecule has 0 amide bonds. The topological polar surface area (TPSA) is 58.6 Å². The standard InChI is InChI=1S/C20H24N2O3S/c23-26(24,16-11-18-7-3-1-4-8-18)21-20(19-9-5-2-6-10-19)17-22-12-14-25-15-13-22/h1-11,16,20-21H,12-15,17H2. The Kier molecular flexibility index (Phi) is 6.57. The molecule has 0 radical (unpaired) electrons. The molecule has 0 saturated carbocycles. The number of hydrogen-bond acceptors (Lipinski definition) is 4. The normalized spacial score (nSPS) is 17.4. The zero-order chi connectivity index (χ0) is 18.2. The number of nitrogens with one attached hydrogen (secondary N) is 1. The predicted molar refractivity (Wildman–Crippen MR) is 104 cm³/mol. The van der Waals surface area contributed by atoms with Gasteiger partial charge in [0.25, 0.3) is 0 Å². The zero-order valence-electron chi connectivity index (χ0n) is 14.6. The molecule has 1 atom stereocenters. The maximum absolute atomic E-state index is 12.6. The zero-order valence-corrected chi connectivity index (χ0v) is 15.4. The summed E-state index contributed by atoms with van der Waals surface area (Å²) in [5.74, 6) is 0. The third-order valence-electron chi connectivity index (χ3n) is 4.29. The van der Waals surface area contributed by atoms with E-state index in [4.69, 9.17) is 4.74 Å². The van der Waals surface area contributed by atoms with Gasteiger partial charge >= 0.3 is 0 Å². The largest absolute Gasteiger partial charge is 0.379 e. The number of nitrogens with zero attached hydrogens (tertiary/aromatic N) is 1. The average molecular weight is 372 g/mol. The quantitative estimate of drug-likeness (QED) is 0.812. The first-order chi connectivity index (χ1) is 12.6. The van der Waals surface area contributed by atoms with E-state index in [1.165, 1.54) is 5.41 Å². The van der Waals surface area contributed by atoms with Crippen molar-refractivity contribution in [1.29, 1.82) is 0 Å². The lowest BCUT2D eigenvalue weighted by Gasteiger charge is -2.30. The molecule has 1 saturated heterocycles. The Balaban J connectivity index is 1.74. The number of ether oxygens (including phenoxy) is 1. The molecule has 0 aliphatic carbocycles. The molecule has 6 heteroatoms. The van der Waals surface area contributed by atoms with Crippen molar-refractivity contribution in [1.82, 2.24) is 9.62 Å². The van der Waals surface area contributed by atoms with E-state index in [-0.39, 0.29) is 6.04 Å². The van der Waals surface area contributed by atoms with Crippen LogP contribution in [0.15, 0.2) is 66.1 Å². The fourth-order valence-electron chi connectivity index (χ4n) is 2.91. The molecular weight excluding hydrogens is 348 g/mol. The number of benzene rings is 2. The lowest BCUT2D eigenvalue weighted by molar-refractivity contribution is 0.0345. The summed E-state index contributed by atoms with van der Waals surface area (Å²) in [6.45, 7) is 3.60. The van der Waals surface area contributed by atoms with E-state index in [1.807, 2.05) is 60.7 Å². The highest BCUT2D eigenvalue weighted by Gasteiger charge is 2.21. The third-order valence-corrected chi connectivity index (χ3v) is 5.40. The van der Waals surface area contributed by atoms with Crippen LogP contribution in [-0.2, 0) is 14.8 Å². The van der Waals surface area contributed by atoms with Gasteiger partial charge in [-0.3, -0.25) is 4.90 Å². The van der Waals surface area contributed by atoms with E-state index in [9.17, 15) is 8.42 Å². The second kappa shape index (κ2) is 9.09. The monoisotopic (exact) mass is 372 g/mol. The van der Waals surface area contributed by atoms with Gasteiger partial charge in [0.15, 0.2) is 0 Å². The lowest BCUT2D eigenvalue weighted by atomic mass is 10.1. The number of sulfonamides is 1. The molecule has 0 spiro atoms. The molecule has 1 heterocycles. The Hall–Kier alpha value is -1.99. The van der Waals surface area contributed by atoms with Gasteiger partial charge in [-0.15, -0.1) is 0 Å². The van der Waals surface area contributed by atoms with Crippen LogP contribution in [0, 0.1) is 0 Å². The Morgan fingerprint density at radius 2 is 1.62 bits per heavy atom. The summed E-state index contributed by atoms with van der Waals surface area (Å²) < 4.78 is 33.4. The van der Waals surface area contributed by atoms with Gasteiger partial charge in [0.2, 0.25) is 10.0 Å². The van der Waals surface area contributed by atoms with Crippen molar-refractivity contribution in [3.05, 3.63) is 77.2 Å². The van der Waals surface area contributed by atoms with Crippen molar-refractivity contribution in [2.45, 2.75) is 6.04 Å². The highest BCUT2D eigenvalue weighted by Crippen LogP contribution is 2.17. The van der Waals surface area contributed by atoms with Crippen LogP contribution in [0.3, 0.4) is 0 Å². The van der Waals surface area contributed by atoms with Crippen molar-refractivity contribution < 1.29 is 13.2 Å². The molecule has 0 aromatic heterocycles. The number of morpholine rings is 1. The molecule has 1 aliphatic heterocycles. The fraction of sp³-hybridized carbons (Fsp3) is 0.300. The van der Waals surface area contributed by atoms with Gasteiger partial charge in [-0.05, 0) is 17.2 Å². The summed E-state index contributed by atoms with van der Waals surface area (Å²) in [4.78, 5) is 2.23. The van der Waals surface area contributed by atoms with Crippen molar-refractivity contribution in [2.24, 2.45) is 0 Å². The number of rotatable bonds is 7. The minimum atomic E-state index is -3.57. The van der Waals surface area contributed by atoms with Crippen molar-refractivity contribution in [3.63, 3.8) is 0 Å².